The fourth-order valence-electron chi connectivity index (χ4n) is 1.55. The van der Waals surface area contributed by atoms with Crippen molar-refractivity contribution in [3.05, 3.63) is 59.9 Å². The molecule has 0 heterocycles. The van der Waals surface area contributed by atoms with E-state index in [1.165, 1.54) is 36.4 Å². The number of nitrogens with one attached hydrogen (secondary N) is 2. The quantitative estimate of drug-likeness (QED) is 0.593. The van der Waals surface area contributed by atoms with E-state index in [0.717, 1.165) is 12.1 Å². The summed E-state index contributed by atoms with van der Waals surface area (Å²) in [7, 11) is -3.76. The zero-order valence-corrected chi connectivity index (χ0v) is 11.1. The lowest BCUT2D eigenvalue weighted by atomic mass is 10.2. The molecule has 0 saturated carbocycles. The van der Waals surface area contributed by atoms with Crippen molar-refractivity contribution in [2.24, 2.45) is 5.73 Å². The first kappa shape index (κ1) is 14.0. The summed E-state index contributed by atoms with van der Waals surface area (Å²) in [6.07, 6.45) is 0. The molecule has 0 aliphatic carbocycles. The Morgan fingerprint density at radius 1 is 1.05 bits per heavy atom. The van der Waals surface area contributed by atoms with Crippen LogP contribution in [0.2, 0.25) is 0 Å². The Morgan fingerprint density at radius 2 is 1.60 bits per heavy atom. The van der Waals surface area contributed by atoms with Gasteiger partial charge in [0.1, 0.15) is 11.7 Å². The zero-order valence-electron chi connectivity index (χ0n) is 10.3. The molecule has 0 unspecified atom stereocenters. The Bertz CT molecular complexity index is 725. The van der Waals surface area contributed by atoms with Crippen LogP contribution in [0.15, 0.2) is 53.4 Å². The van der Waals surface area contributed by atoms with E-state index in [-0.39, 0.29) is 10.7 Å². The maximum atomic E-state index is 12.8. The molecule has 0 saturated heterocycles. The summed E-state index contributed by atoms with van der Waals surface area (Å²) in [6, 6.07) is 10.6. The first-order valence-electron chi connectivity index (χ1n) is 5.61. The Labute approximate surface area is 115 Å². The van der Waals surface area contributed by atoms with Crippen molar-refractivity contribution in [1.29, 1.82) is 5.41 Å². The van der Waals surface area contributed by atoms with Crippen LogP contribution in [0.4, 0.5) is 10.1 Å². The van der Waals surface area contributed by atoms with Gasteiger partial charge in [0.15, 0.2) is 0 Å². The van der Waals surface area contributed by atoms with Crippen LogP contribution < -0.4 is 10.5 Å². The summed E-state index contributed by atoms with van der Waals surface area (Å²) >= 11 is 0. The standard InChI is InChI=1S/C13H12FN3O2S/c14-10-3-7-12(8-4-10)20(18,19)17-11-5-1-9(2-6-11)13(15)16/h1-8,17H,(H3,15,16). The van der Waals surface area contributed by atoms with E-state index in [1.54, 1.807) is 0 Å². The van der Waals surface area contributed by atoms with Crippen molar-refractivity contribution < 1.29 is 12.8 Å². The van der Waals surface area contributed by atoms with Gasteiger partial charge < -0.3 is 5.73 Å². The molecule has 0 aliphatic rings. The number of nitrogens with two attached hydrogens (primary N) is 1. The van der Waals surface area contributed by atoms with Crippen LogP contribution in [0, 0.1) is 11.2 Å². The predicted octanol–water partition coefficient (Wildman–Crippen LogP) is 1.91. The molecule has 5 nitrogen and oxygen atoms in total. The van der Waals surface area contributed by atoms with Gasteiger partial charge in [-0.05, 0) is 48.5 Å². The smallest absolute Gasteiger partial charge is 0.261 e. The molecule has 0 aliphatic heterocycles. The van der Waals surface area contributed by atoms with Gasteiger partial charge in [0.2, 0.25) is 0 Å². The fourth-order valence-corrected chi connectivity index (χ4v) is 2.60. The Morgan fingerprint density at radius 3 is 2.10 bits per heavy atom. The van der Waals surface area contributed by atoms with Gasteiger partial charge in [0.25, 0.3) is 10.0 Å². The molecule has 0 radical (unpaired) electrons. The highest BCUT2D eigenvalue weighted by atomic mass is 32.2. The third-order valence-corrected chi connectivity index (χ3v) is 3.97. The molecule has 2 aromatic rings. The molecule has 4 N–H and O–H groups in total. The van der Waals surface area contributed by atoms with Gasteiger partial charge in [0.05, 0.1) is 4.90 Å². The number of halogens is 1. The second-order valence-corrected chi connectivity index (χ2v) is 5.73. The van der Waals surface area contributed by atoms with Gasteiger partial charge in [-0.2, -0.15) is 0 Å². The van der Waals surface area contributed by atoms with Crippen molar-refractivity contribution in [3.8, 4) is 0 Å². The minimum atomic E-state index is -3.76. The third kappa shape index (κ3) is 3.12. The molecule has 2 rings (SSSR count). The van der Waals surface area contributed by atoms with Gasteiger partial charge in [0, 0.05) is 11.3 Å². The highest BCUT2D eigenvalue weighted by molar-refractivity contribution is 7.92. The Kier molecular flexibility index (Phi) is 3.71. The number of hydrogen-bond donors (Lipinski definition) is 3. The summed E-state index contributed by atoms with van der Waals surface area (Å²) in [4.78, 5) is -0.0328. The van der Waals surface area contributed by atoms with E-state index in [9.17, 15) is 12.8 Å². The van der Waals surface area contributed by atoms with Crippen LogP contribution in [-0.2, 0) is 10.0 Å². The molecule has 2 aromatic carbocycles. The summed E-state index contributed by atoms with van der Waals surface area (Å²) in [5, 5.41) is 7.24. The molecule has 0 bridgehead atoms. The van der Waals surface area contributed by atoms with Crippen molar-refractivity contribution in [1.82, 2.24) is 0 Å². The van der Waals surface area contributed by atoms with Crippen LogP contribution in [0.5, 0.6) is 0 Å². The molecule has 0 aromatic heterocycles. The largest absolute Gasteiger partial charge is 0.384 e. The average Bonchev–Trinajstić information content (AvgIpc) is 2.39. The monoisotopic (exact) mass is 293 g/mol. The maximum Gasteiger partial charge on any atom is 0.261 e. The Balaban J connectivity index is 2.24. The number of nitrogen functional groups attached to an aromatic ring is 1. The number of rotatable bonds is 4. The maximum absolute atomic E-state index is 12.8. The number of amidine groups is 1. The lowest BCUT2D eigenvalue weighted by molar-refractivity contribution is 0.599. The molecular formula is C13H12FN3O2S. The lowest BCUT2D eigenvalue weighted by Gasteiger charge is -2.08. The number of hydrogen-bond acceptors (Lipinski definition) is 3. The molecule has 0 atom stereocenters. The third-order valence-electron chi connectivity index (χ3n) is 2.57. The summed E-state index contributed by atoms with van der Waals surface area (Å²) in [5.74, 6) is -0.604. The van der Waals surface area contributed by atoms with Crippen LogP contribution in [0.1, 0.15) is 5.56 Å². The van der Waals surface area contributed by atoms with E-state index in [1.807, 2.05) is 0 Å². The van der Waals surface area contributed by atoms with Gasteiger partial charge in [-0.15, -0.1) is 0 Å². The lowest BCUT2D eigenvalue weighted by Crippen LogP contribution is -2.14. The van der Waals surface area contributed by atoms with Crippen molar-refractivity contribution in [2.75, 3.05) is 4.72 Å². The minimum absolute atomic E-state index is 0.0328. The molecule has 0 amide bonds. The van der Waals surface area contributed by atoms with Crippen molar-refractivity contribution in [2.45, 2.75) is 4.90 Å². The highest BCUT2D eigenvalue weighted by Crippen LogP contribution is 2.16. The van der Waals surface area contributed by atoms with Gasteiger partial charge >= 0.3 is 0 Å². The highest BCUT2D eigenvalue weighted by Gasteiger charge is 2.14. The molecule has 7 heteroatoms. The van der Waals surface area contributed by atoms with E-state index in [0.29, 0.717) is 11.3 Å². The van der Waals surface area contributed by atoms with Crippen molar-refractivity contribution >= 4 is 21.5 Å². The number of sulfonamides is 1. The second kappa shape index (κ2) is 5.30. The van der Waals surface area contributed by atoms with Gasteiger partial charge in [-0.25, -0.2) is 12.8 Å². The van der Waals surface area contributed by atoms with Crippen LogP contribution in [-0.4, -0.2) is 14.3 Å². The van der Waals surface area contributed by atoms with Crippen LogP contribution >= 0.6 is 0 Å². The normalized spacial score (nSPS) is 11.1. The fraction of sp³-hybridized carbons (Fsp3) is 0. The first-order valence-corrected chi connectivity index (χ1v) is 7.10. The van der Waals surface area contributed by atoms with Crippen LogP contribution in [0.3, 0.4) is 0 Å². The number of benzene rings is 2. The topological polar surface area (TPSA) is 96.0 Å². The molecule has 104 valence electrons. The molecular weight excluding hydrogens is 281 g/mol. The summed E-state index contributed by atoms with van der Waals surface area (Å²) < 4.78 is 39.2. The van der Waals surface area contributed by atoms with Crippen molar-refractivity contribution in [3.63, 3.8) is 0 Å². The first-order chi connectivity index (χ1) is 9.38. The predicted molar refractivity (Wildman–Crippen MR) is 74.7 cm³/mol. The van der Waals surface area contributed by atoms with Gasteiger partial charge in [-0.1, -0.05) is 0 Å². The Hall–Kier alpha value is -2.41. The molecule has 0 fully saturated rings. The zero-order chi connectivity index (χ0) is 14.8. The summed E-state index contributed by atoms with van der Waals surface area (Å²) in [5.41, 5.74) is 6.13. The van der Waals surface area contributed by atoms with Crippen LogP contribution in [0.25, 0.3) is 0 Å². The molecule has 20 heavy (non-hydrogen) atoms. The van der Waals surface area contributed by atoms with E-state index in [4.69, 9.17) is 11.1 Å². The summed E-state index contributed by atoms with van der Waals surface area (Å²) in [6.45, 7) is 0. The second-order valence-electron chi connectivity index (χ2n) is 4.05. The van der Waals surface area contributed by atoms with E-state index in [2.05, 4.69) is 4.72 Å². The number of anilines is 1. The molecule has 0 spiro atoms. The minimum Gasteiger partial charge on any atom is -0.384 e. The van der Waals surface area contributed by atoms with E-state index >= 15 is 0 Å². The average molecular weight is 293 g/mol. The van der Waals surface area contributed by atoms with Gasteiger partial charge in [-0.3, -0.25) is 10.1 Å². The van der Waals surface area contributed by atoms with E-state index < -0.39 is 15.8 Å². The SMILES string of the molecule is N=C(N)c1ccc(NS(=O)(=O)c2ccc(F)cc2)cc1.